The third kappa shape index (κ3) is 4.26. The second-order valence-electron chi connectivity index (χ2n) is 9.24. The number of aliphatic hydroxyl groups is 1. The van der Waals surface area contributed by atoms with Gasteiger partial charge in [0, 0.05) is 30.6 Å². The molecule has 5 rings (SSSR count). The molecule has 35 heavy (non-hydrogen) atoms. The number of benzene rings is 3. The Hall–Kier alpha value is -3.42. The number of nitrogens with zero attached hydrogens (tertiary/aromatic N) is 2. The molecular formula is C28H28N2O4S. The Morgan fingerprint density at radius 2 is 1.46 bits per heavy atom. The maximum absolute atomic E-state index is 13.7. The summed E-state index contributed by atoms with van der Waals surface area (Å²) in [6.45, 7) is 2.50. The van der Waals surface area contributed by atoms with Gasteiger partial charge < -0.3 is 10.0 Å². The third-order valence-electron chi connectivity index (χ3n) is 6.91. The molecule has 0 aliphatic carbocycles. The first kappa shape index (κ1) is 23.3. The number of para-hydroxylation sites is 1. The number of carbonyl (C=O) groups is 1. The van der Waals surface area contributed by atoms with Crippen LogP contribution in [0.2, 0.25) is 0 Å². The molecule has 0 spiro atoms. The van der Waals surface area contributed by atoms with E-state index in [0.717, 1.165) is 5.56 Å². The molecule has 1 saturated heterocycles. The molecule has 4 aromatic rings. The van der Waals surface area contributed by atoms with Crippen LogP contribution in [0, 0.1) is 6.92 Å². The number of hydrogen-bond acceptors (Lipinski definition) is 4. The summed E-state index contributed by atoms with van der Waals surface area (Å²) in [5, 5.41) is 11.7. The summed E-state index contributed by atoms with van der Waals surface area (Å²) in [4.78, 5) is 15.6. The Kier molecular flexibility index (Phi) is 5.99. The van der Waals surface area contributed by atoms with Crippen molar-refractivity contribution in [1.29, 1.82) is 0 Å². The lowest BCUT2D eigenvalue weighted by molar-refractivity contribution is -0.0162. The van der Waals surface area contributed by atoms with Crippen molar-refractivity contribution in [2.75, 3.05) is 13.1 Å². The molecule has 7 heteroatoms. The number of piperidine rings is 1. The lowest BCUT2D eigenvalue weighted by Crippen LogP contribution is -2.47. The van der Waals surface area contributed by atoms with Crippen LogP contribution in [-0.2, 0) is 16.4 Å². The third-order valence-corrected chi connectivity index (χ3v) is 8.73. The van der Waals surface area contributed by atoms with Gasteiger partial charge in [0.1, 0.15) is 0 Å². The molecule has 0 radical (unpaired) electrons. The average molecular weight is 489 g/mol. The predicted octanol–water partition coefficient (Wildman–Crippen LogP) is 4.40. The monoisotopic (exact) mass is 488 g/mol. The van der Waals surface area contributed by atoms with Gasteiger partial charge in [0.05, 0.1) is 21.6 Å². The summed E-state index contributed by atoms with van der Waals surface area (Å²) in [5.41, 5.74) is 1.48. The van der Waals surface area contributed by atoms with Gasteiger partial charge in [0.25, 0.3) is 15.9 Å². The summed E-state index contributed by atoms with van der Waals surface area (Å²) in [6.07, 6.45) is 1.48. The van der Waals surface area contributed by atoms with Gasteiger partial charge in [-0.2, -0.15) is 0 Å². The van der Waals surface area contributed by atoms with E-state index in [2.05, 4.69) is 0 Å². The van der Waals surface area contributed by atoms with Crippen molar-refractivity contribution >= 4 is 26.8 Å². The van der Waals surface area contributed by atoms with Crippen molar-refractivity contribution in [3.05, 3.63) is 102 Å². The van der Waals surface area contributed by atoms with E-state index >= 15 is 0 Å². The van der Waals surface area contributed by atoms with E-state index in [9.17, 15) is 18.3 Å². The number of amides is 1. The van der Waals surface area contributed by atoms with E-state index in [0.29, 0.717) is 54.5 Å². The standard InChI is InChI=1S/C28H28N2O4S/c1-21-26(27(31)29-18-16-28(32,17-19-29)20-22-10-4-2-5-11-22)24-14-8-9-15-25(24)30(21)35(33,34)23-12-6-3-7-13-23/h2-15,32H,16-20H2,1H3. The molecule has 6 nitrogen and oxygen atoms in total. The van der Waals surface area contributed by atoms with E-state index in [-0.39, 0.29) is 10.8 Å². The van der Waals surface area contributed by atoms with Crippen LogP contribution in [0.1, 0.15) is 34.5 Å². The number of aromatic nitrogens is 1. The van der Waals surface area contributed by atoms with Gasteiger partial charge in [-0.15, -0.1) is 0 Å². The number of fused-ring (bicyclic) bond motifs is 1. The van der Waals surface area contributed by atoms with Gasteiger partial charge >= 0.3 is 0 Å². The highest BCUT2D eigenvalue weighted by Crippen LogP contribution is 2.33. The predicted molar refractivity (Wildman–Crippen MR) is 136 cm³/mol. The molecule has 0 atom stereocenters. The second-order valence-corrected chi connectivity index (χ2v) is 11.0. The first-order valence-electron chi connectivity index (χ1n) is 11.8. The Labute approximate surface area is 205 Å². The summed E-state index contributed by atoms with van der Waals surface area (Å²) >= 11 is 0. The largest absolute Gasteiger partial charge is 0.389 e. The van der Waals surface area contributed by atoms with Crippen LogP contribution in [0.15, 0.2) is 89.8 Å². The molecule has 180 valence electrons. The minimum atomic E-state index is -3.89. The molecule has 0 saturated carbocycles. The summed E-state index contributed by atoms with van der Waals surface area (Å²) in [5.74, 6) is -0.206. The zero-order valence-corrected chi connectivity index (χ0v) is 20.4. The van der Waals surface area contributed by atoms with E-state index in [1.165, 1.54) is 3.97 Å². The van der Waals surface area contributed by atoms with Gasteiger partial charge in [0.15, 0.2) is 0 Å². The normalized spacial score (nSPS) is 15.9. The second kappa shape index (κ2) is 8.98. The van der Waals surface area contributed by atoms with Gasteiger partial charge in [-0.25, -0.2) is 12.4 Å². The summed E-state index contributed by atoms with van der Waals surface area (Å²) in [6, 6.07) is 25.2. The van der Waals surface area contributed by atoms with Crippen LogP contribution >= 0.6 is 0 Å². The lowest BCUT2D eigenvalue weighted by Gasteiger charge is -2.38. The molecule has 1 aromatic heterocycles. The minimum Gasteiger partial charge on any atom is -0.389 e. The molecule has 1 aliphatic rings. The molecular weight excluding hydrogens is 460 g/mol. The first-order valence-corrected chi connectivity index (χ1v) is 13.2. The average Bonchev–Trinajstić information content (AvgIpc) is 3.17. The maximum Gasteiger partial charge on any atom is 0.268 e. The van der Waals surface area contributed by atoms with Gasteiger partial charge in [-0.1, -0.05) is 66.7 Å². The molecule has 1 amide bonds. The molecule has 1 fully saturated rings. The highest BCUT2D eigenvalue weighted by molar-refractivity contribution is 7.90. The maximum atomic E-state index is 13.7. The van der Waals surface area contributed by atoms with Crippen LogP contribution in [0.3, 0.4) is 0 Å². The zero-order chi connectivity index (χ0) is 24.6. The number of likely N-dealkylation sites (tertiary alicyclic amines) is 1. The Morgan fingerprint density at radius 1 is 0.886 bits per heavy atom. The fourth-order valence-corrected chi connectivity index (χ4v) is 6.64. The van der Waals surface area contributed by atoms with Crippen LogP contribution in [0.5, 0.6) is 0 Å². The van der Waals surface area contributed by atoms with Crippen molar-refractivity contribution in [2.24, 2.45) is 0 Å². The highest BCUT2D eigenvalue weighted by atomic mass is 32.2. The van der Waals surface area contributed by atoms with Crippen molar-refractivity contribution in [3.8, 4) is 0 Å². The zero-order valence-electron chi connectivity index (χ0n) is 19.6. The fourth-order valence-electron chi connectivity index (χ4n) is 5.05. The topological polar surface area (TPSA) is 79.6 Å². The van der Waals surface area contributed by atoms with Crippen LogP contribution in [0.4, 0.5) is 0 Å². The quantitative estimate of drug-likeness (QED) is 0.452. The van der Waals surface area contributed by atoms with Gasteiger partial charge in [-0.3, -0.25) is 4.79 Å². The molecule has 0 unspecified atom stereocenters. The lowest BCUT2D eigenvalue weighted by atomic mass is 9.85. The fraction of sp³-hybridized carbons (Fsp3) is 0.250. The Morgan fingerprint density at radius 3 is 2.11 bits per heavy atom. The molecule has 3 aromatic carbocycles. The van der Waals surface area contributed by atoms with E-state index in [1.807, 2.05) is 36.4 Å². The highest BCUT2D eigenvalue weighted by Gasteiger charge is 2.36. The van der Waals surface area contributed by atoms with E-state index in [1.54, 1.807) is 60.4 Å². The number of carbonyl (C=O) groups excluding carboxylic acids is 1. The molecule has 0 bridgehead atoms. The first-order chi connectivity index (χ1) is 16.8. The van der Waals surface area contributed by atoms with Crippen LogP contribution in [0.25, 0.3) is 10.9 Å². The smallest absolute Gasteiger partial charge is 0.268 e. The summed E-state index contributed by atoms with van der Waals surface area (Å²) in [7, 11) is -3.89. The van der Waals surface area contributed by atoms with Crippen molar-refractivity contribution in [3.63, 3.8) is 0 Å². The van der Waals surface area contributed by atoms with Crippen LogP contribution < -0.4 is 0 Å². The van der Waals surface area contributed by atoms with Crippen molar-refractivity contribution < 1.29 is 18.3 Å². The Bertz CT molecular complexity index is 1470. The molecule has 1 N–H and O–H groups in total. The molecule has 1 aliphatic heterocycles. The number of rotatable bonds is 5. The van der Waals surface area contributed by atoms with E-state index < -0.39 is 15.6 Å². The van der Waals surface area contributed by atoms with Crippen LogP contribution in [-0.4, -0.2) is 47.0 Å². The van der Waals surface area contributed by atoms with E-state index in [4.69, 9.17) is 0 Å². The minimum absolute atomic E-state index is 0.173. The summed E-state index contributed by atoms with van der Waals surface area (Å²) < 4.78 is 28.4. The SMILES string of the molecule is Cc1c(C(=O)N2CCC(O)(Cc3ccccc3)CC2)c2ccccc2n1S(=O)(=O)c1ccccc1. The van der Waals surface area contributed by atoms with Gasteiger partial charge in [0.2, 0.25) is 0 Å². The van der Waals surface area contributed by atoms with Crippen molar-refractivity contribution in [1.82, 2.24) is 8.87 Å². The van der Waals surface area contributed by atoms with Crippen molar-refractivity contribution in [2.45, 2.75) is 36.7 Å². The number of hydrogen-bond donors (Lipinski definition) is 1. The van der Waals surface area contributed by atoms with Gasteiger partial charge in [-0.05, 0) is 43.5 Å². The Balaban J connectivity index is 1.46. The molecule has 2 heterocycles.